The Morgan fingerprint density at radius 2 is 2.13 bits per heavy atom. The summed E-state index contributed by atoms with van der Waals surface area (Å²) in [4.78, 5) is 11.4. The van der Waals surface area contributed by atoms with Crippen molar-refractivity contribution in [3.8, 4) is 0 Å². The first-order chi connectivity index (χ1) is 7.03. The highest BCUT2D eigenvalue weighted by molar-refractivity contribution is 5.78. The SMILES string of the molecule is CC(C)(CCO)NCC(=O)NCC1CC1. The van der Waals surface area contributed by atoms with Crippen molar-refractivity contribution < 1.29 is 9.90 Å². The summed E-state index contributed by atoms with van der Waals surface area (Å²) in [6.07, 6.45) is 3.16. The molecule has 0 aromatic heterocycles. The summed E-state index contributed by atoms with van der Waals surface area (Å²) in [5, 5.41) is 14.8. The molecule has 0 aromatic rings. The van der Waals surface area contributed by atoms with E-state index in [9.17, 15) is 4.79 Å². The van der Waals surface area contributed by atoms with E-state index < -0.39 is 0 Å². The second-order valence-corrected chi connectivity index (χ2v) is 4.96. The van der Waals surface area contributed by atoms with Gasteiger partial charge in [0.25, 0.3) is 0 Å². The Bertz CT molecular complexity index is 213. The Balaban J connectivity index is 2.08. The number of nitrogens with one attached hydrogen (secondary N) is 2. The highest BCUT2D eigenvalue weighted by atomic mass is 16.3. The molecule has 1 amide bonds. The minimum Gasteiger partial charge on any atom is -0.396 e. The maximum Gasteiger partial charge on any atom is 0.233 e. The van der Waals surface area contributed by atoms with Crippen LogP contribution in [-0.2, 0) is 4.79 Å². The summed E-state index contributed by atoms with van der Waals surface area (Å²) >= 11 is 0. The lowest BCUT2D eigenvalue weighted by molar-refractivity contribution is -0.120. The quantitative estimate of drug-likeness (QED) is 0.570. The first-order valence-electron chi connectivity index (χ1n) is 5.66. The van der Waals surface area contributed by atoms with Crippen LogP contribution in [-0.4, -0.2) is 36.2 Å². The van der Waals surface area contributed by atoms with Gasteiger partial charge in [-0.1, -0.05) is 0 Å². The van der Waals surface area contributed by atoms with Gasteiger partial charge in [0.15, 0.2) is 0 Å². The zero-order chi connectivity index (χ0) is 11.3. The smallest absolute Gasteiger partial charge is 0.233 e. The van der Waals surface area contributed by atoms with E-state index in [0.717, 1.165) is 12.5 Å². The summed E-state index contributed by atoms with van der Waals surface area (Å²) in [7, 11) is 0. The maximum atomic E-state index is 11.4. The van der Waals surface area contributed by atoms with Crippen molar-refractivity contribution in [1.29, 1.82) is 0 Å². The van der Waals surface area contributed by atoms with Gasteiger partial charge in [-0.3, -0.25) is 4.79 Å². The molecule has 0 atom stereocenters. The van der Waals surface area contributed by atoms with E-state index in [-0.39, 0.29) is 18.1 Å². The third-order valence-electron chi connectivity index (χ3n) is 2.75. The molecule has 0 unspecified atom stereocenters. The zero-order valence-corrected chi connectivity index (χ0v) is 9.68. The van der Waals surface area contributed by atoms with Gasteiger partial charge in [0.05, 0.1) is 6.54 Å². The van der Waals surface area contributed by atoms with Crippen molar-refractivity contribution in [2.75, 3.05) is 19.7 Å². The van der Waals surface area contributed by atoms with Crippen molar-refractivity contribution in [2.24, 2.45) is 5.92 Å². The molecule has 3 N–H and O–H groups in total. The lowest BCUT2D eigenvalue weighted by atomic mass is 10.0. The molecule has 0 aliphatic heterocycles. The molecule has 0 bridgehead atoms. The van der Waals surface area contributed by atoms with E-state index in [0.29, 0.717) is 13.0 Å². The third-order valence-corrected chi connectivity index (χ3v) is 2.75. The monoisotopic (exact) mass is 214 g/mol. The zero-order valence-electron chi connectivity index (χ0n) is 9.68. The largest absolute Gasteiger partial charge is 0.396 e. The minimum absolute atomic E-state index is 0.0490. The Labute approximate surface area is 91.4 Å². The standard InChI is InChI=1S/C11H22N2O2/c1-11(2,5-6-14)13-8-10(15)12-7-9-3-4-9/h9,13-14H,3-8H2,1-2H3,(H,12,15). The van der Waals surface area contributed by atoms with Gasteiger partial charge >= 0.3 is 0 Å². The second kappa shape index (κ2) is 5.47. The number of aliphatic hydroxyl groups excluding tert-OH is 1. The molecule has 0 aromatic carbocycles. The predicted octanol–water partition coefficient (Wildman–Crippen LogP) is 0.263. The van der Waals surface area contributed by atoms with Gasteiger partial charge in [0, 0.05) is 18.7 Å². The molecule has 1 rings (SSSR count). The molecule has 4 nitrogen and oxygen atoms in total. The molecule has 1 fully saturated rings. The summed E-state index contributed by atoms with van der Waals surface area (Å²) in [5.74, 6) is 0.771. The number of hydrogen-bond donors (Lipinski definition) is 3. The molecule has 0 saturated heterocycles. The fourth-order valence-electron chi connectivity index (χ4n) is 1.33. The lowest BCUT2D eigenvalue weighted by Gasteiger charge is -2.25. The molecule has 15 heavy (non-hydrogen) atoms. The molecular weight excluding hydrogens is 192 g/mol. The number of carbonyl (C=O) groups is 1. The van der Waals surface area contributed by atoms with Crippen LogP contribution < -0.4 is 10.6 Å². The summed E-state index contributed by atoms with van der Waals surface area (Å²) < 4.78 is 0. The van der Waals surface area contributed by atoms with Crippen LogP contribution in [0.25, 0.3) is 0 Å². The number of amides is 1. The van der Waals surface area contributed by atoms with Gasteiger partial charge in [-0.2, -0.15) is 0 Å². The third kappa shape index (κ3) is 5.74. The summed E-state index contributed by atoms with van der Waals surface area (Å²) in [6.45, 7) is 5.26. The number of aliphatic hydroxyl groups is 1. The second-order valence-electron chi connectivity index (χ2n) is 4.96. The van der Waals surface area contributed by atoms with Crippen LogP contribution in [0.5, 0.6) is 0 Å². The Kier molecular flexibility index (Phi) is 4.54. The van der Waals surface area contributed by atoms with Gasteiger partial charge in [0.1, 0.15) is 0 Å². The first kappa shape index (κ1) is 12.5. The molecule has 0 heterocycles. The average molecular weight is 214 g/mol. The van der Waals surface area contributed by atoms with E-state index in [4.69, 9.17) is 5.11 Å². The molecular formula is C11H22N2O2. The van der Waals surface area contributed by atoms with Crippen molar-refractivity contribution in [3.63, 3.8) is 0 Å². The van der Waals surface area contributed by atoms with Gasteiger partial charge in [0.2, 0.25) is 5.91 Å². The van der Waals surface area contributed by atoms with Crippen molar-refractivity contribution in [2.45, 2.75) is 38.6 Å². The Morgan fingerprint density at radius 3 is 2.67 bits per heavy atom. The summed E-state index contributed by atoms with van der Waals surface area (Å²) in [5.41, 5.74) is -0.175. The normalized spacial score (nSPS) is 16.5. The molecule has 88 valence electrons. The molecule has 1 saturated carbocycles. The maximum absolute atomic E-state index is 11.4. The van der Waals surface area contributed by atoms with Crippen LogP contribution in [0.15, 0.2) is 0 Å². The fraction of sp³-hybridized carbons (Fsp3) is 0.909. The highest BCUT2D eigenvalue weighted by Crippen LogP contribution is 2.27. The lowest BCUT2D eigenvalue weighted by Crippen LogP contribution is -2.46. The van der Waals surface area contributed by atoms with Gasteiger partial charge in [-0.25, -0.2) is 0 Å². The van der Waals surface area contributed by atoms with E-state index in [1.54, 1.807) is 0 Å². The van der Waals surface area contributed by atoms with E-state index in [2.05, 4.69) is 10.6 Å². The van der Waals surface area contributed by atoms with Crippen molar-refractivity contribution in [1.82, 2.24) is 10.6 Å². The topological polar surface area (TPSA) is 61.4 Å². The highest BCUT2D eigenvalue weighted by Gasteiger charge is 2.22. The number of rotatable bonds is 7. The molecule has 0 spiro atoms. The first-order valence-corrected chi connectivity index (χ1v) is 5.66. The Morgan fingerprint density at radius 1 is 1.47 bits per heavy atom. The fourth-order valence-corrected chi connectivity index (χ4v) is 1.33. The van der Waals surface area contributed by atoms with Gasteiger partial charge in [-0.05, 0) is 39.0 Å². The van der Waals surface area contributed by atoms with Gasteiger partial charge in [-0.15, -0.1) is 0 Å². The van der Waals surface area contributed by atoms with Crippen LogP contribution in [0.1, 0.15) is 33.1 Å². The molecule has 1 aliphatic carbocycles. The van der Waals surface area contributed by atoms with Crippen LogP contribution in [0, 0.1) is 5.92 Å². The van der Waals surface area contributed by atoms with Crippen LogP contribution in [0.2, 0.25) is 0 Å². The van der Waals surface area contributed by atoms with Crippen LogP contribution in [0.3, 0.4) is 0 Å². The molecule has 1 aliphatic rings. The van der Waals surface area contributed by atoms with E-state index in [1.165, 1.54) is 12.8 Å². The van der Waals surface area contributed by atoms with Crippen LogP contribution >= 0.6 is 0 Å². The average Bonchev–Trinajstić information content (AvgIpc) is 2.95. The van der Waals surface area contributed by atoms with Gasteiger partial charge < -0.3 is 15.7 Å². The molecule has 4 heteroatoms. The molecule has 0 radical (unpaired) electrons. The van der Waals surface area contributed by atoms with Crippen molar-refractivity contribution in [3.05, 3.63) is 0 Å². The predicted molar refractivity (Wildman–Crippen MR) is 59.5 cm³/mol. The summed E-state index contributed by atoms with van der Waals surface area (Å²) in [6, 6.07) is 0. The number of carbonyl (C=O) groups excluding carboxylic acids is 1. The van der Waals surface area contributed by atoms with Crippen LogP contribution in [0.4, 0.5) is 0 Å². The minimum atomic E-state index is -0.175. The van der Waals surface area contributed by atoms with Crippen molar-refractivity contribution >= 4 is 5.91 Å². The Hall–Kier alpha value is -0.610. The van der Waals surface area contributed by atoms with E-state index in [1.807, 2.05) is 13.8 Å². The van der Waals surface area contributed by atoms with E-state index >= 15 is 0 Å². The number of hydrogen-bond acceptors (Lipinski definition) is 3.